The minimum atomic E-state index is -3.83. The SMILES string of the molecule is Cc1ccc(OC(=O)C2CCN(S(=O)(=O)c3c(Cl)cccc3Cl)CC2)c(C)c1. The second-order valence-corrected chi connectivity index (χ2v) is 9.61. The first-order valence-electron chi connectivity index (χ1n) is 8.93. The number of hydrogen-bond acceptors (Lipinski definition) is 4. The van der Waals surface area contributed by atoms with Crippen molar-refractivity contribution in [3.63, 3.8) is 0 Å². The predicted molar refractivity (Wildman–Crippen MR) is 109 cm³/mol. The van der Waals surface area contributed by atoms with Gasteiger partial charge in [-0.3, -0.25) is 4.79 Å². The molecule has 0 N–H and O–H groups in total. The van der Waals surface area contributed by atoms with Crippen LogP contribution in [-0.4, -0.2) is 31.8 Å². The summed E-state index contributed by atoms with van der Waals surface area (Å²) < 4.78 is 32.7. The van der Waals surface area contributed by atoms with Crippen LogP contribution in [0.1, 0.15) is 24.0 Å². The largest absolute Gasteiger partial charge is 0.426 e. The molecule has 0 spiro atoms. The van der Waals surface area contributed by atoms with Crippen molar-refractivity contribution in [2.75, 3.05) is 13.1 Å². The molecular weight excluding hydrogens is 421 g/mol. The van der Waals surface area contributed by atoms with Gasteiger partial charge in [0.1, 0.15) is 10.6 Å². The van der Waals surface area contributed by atoms with Gasteiger partial charge >= 0.3 is 5.97 Å². The molecule has 0 atom stereocenters. The van der Waals surface area contributed by atoms with Gasteiger partial charge < -0.3 is 4.74 Å². The van der Waals surface area contributed by atoms with Gasteiger partial charge in [-0.15, -0.1) is 0 Å². The molecule has 2 aromatic rings. The average molecular weight is 442 g/mol. The fraction of sp³-hybridized carbons (Fsp3) is 0.350. The summed E-state index contributed by atoms with van der Waals surface area (Å²) in [6.07, 6.45) is 0.760. The highest BCUT2D eigenvalue weighted by Crippen LogP contribution is 2.33. The third-order valence-corrected chi connectivity index (χ3v) is 7.70. The lowest BCUT2D eigenvalue weighted by Gasteiger charge is -2.30. The van der Waals surface area contributed by atoms with Crippen LogP contribution < -0.4 is 4.74 Å². The molecule has 0 radical (unpaired) electrons. The maximum absolute atomic E-state index is 12.9. The highest BCUT2D eigenvalue weighted by Gasteiger charge is 2.35. The van der Waals surface area contributed by atoms with Gasteiger partial charge in [0, 0.05) is 13.1 Å². The maximum Gasteiger partial charge on any atom is 0.314 e. The van der Waals surface area contributed by atoms with E-state index in [1.807, 2.05) is 26.0 Å². The van der Waals surface area contributed by atoms with Gasteiger partial charge in [0.15, 0.2) is 0 Å². The van der Waals surface area contributed by atoms with Crippen molar-refractivity contribution < 1.29 is 17.9 Å². The van der Waals surface area contributed by atoms with E-state index in [0.717, 1.165) is 11.1 Å². The predicted octanol–water partition coefficient (Wildman–Crippen LogP) is 4.62. The number of esters is 1. The molecule has 5 nitrogen and oxygen atoms in total. The van der Waals surface area contributed by atoms with Crippen molar-refractivity contribution >= 4 is 39.2 Å². The highest BCUT2D eigenvalue weighted by atomic mass is 35.5. The molecule has 1 fully saturated rings. The van der Waals surface area contributed by atoms with Gasteiger partial charge in [0.25, 0.3) is 0 Å². The van der Waals surface area contributed by atoms with E-state index in [-0.39, 0.29) is 39.9 Å². The number of carbonyl (C=O) groups excluding carboxylic acids is 1. The lowest BCUT2D eigenvalue weighted by molar-refractivity contribution is -0.140. The fourth-order valence-corrected chi connectivity index (χ4v) is 5.86. The second kappa shape index (κ2) is 8.41. The van der Waals surface area contributed by atoms with Gasteiger partial charge in [-0.1, -0.05) is 47.0 Å². The summed E-state index contributed by atoms with van der Waals surface area (Å²) in [7, 11) is -3.83. The number of aryl methyl sites for hydroxylation is 2. The molecule has 1 aliphatic heterocycles. The Morgan fingerprint density at radius 2 is 1.68 bits per heavy atom. The summed E-state index contributed by atoms with van der Waals surface area (Å²) in [6, 6.07) is 10.2. The lowest BCUT2D eigenvalue weighted by Crippen LogP contribution is -2.41. The molecule has 0 amide bonds. The number of hydrogen-bond donors (Lipinski definition) is 0. The molecule has 8 heteroatoms. The Balaban J connectivity index is 1.68. The zero-order valence-corrected chi connectivity index (χ0v) is 17.9. The van der Waals surface area contributed by atoms with Crippen molar-refractivity contribution in [2.45, 2.75) is 31.6 Å². The Kier molecular flexibility index (Phi) is 6.34. The van der Waals surface area contributed by atoms with E-state index in [9.17, 15) is 13.2 Å². The molecule has 0 bridgehead atoms. The number of halogens is 2. The van der Waals surface area contributed by atoms with Crippen LogP contribution in [0.15, 0.2) is 41.3 Å². The Morgan fingerprint density at radius 3 is 2.25 bits per heavy atom. The summed E-state index contributed by atoms with van der Waals surface area (Å²) in [4.78, 5) is 12.4. The van der Waals surface area contributed by atoms with Gasteiger partial charge in [-0.2, -0.15) is 4.31 Å². The van der Waals surface area contributed by atoms with Crippen molar-refractivity contribution in [1.29, 1.82) is 0 Å². The van der Waals surface area contributed by atoms with Crippen LogP contribution >= 0.6 is 23.2 Å². The van der Waals surface area contributed by atoms with E-state index in [1.165, 1.54) is 16.4 Å². The lowest BCUT2D eigenvalue weighted by atomic mass is 9.98. The molecule has 1 saturated heterocycles. The smallest absolute Gasteiger partial charge is 0.314 e. The summed E-state index contributed by atoms with van der Waals surface area (Å²) >= 11 is 12.1. The van der Waals surface area contributed by atoms with Gasteiger partial charge in [0.05, 0.1) is 16.0 Å². The first-order valence-corrected chi connectivity index (χ1v) is 11.1. The number of benzene rings is 2. The first kappa shape index (κ1) is 21.1. The van der Waals surface area contributed by atoms with Crippen LogP contribution in [0.2, 0.25) is 10.0 Å². The first-order chi connectivity index (χ1) is 13.2. The van der Waals surface area contributed by atoms with E-state index < -0.39 is 10.0 Å². The summed E-state index contributed by atoms with van der Waals surface area (Å²) in [6.45, 7) is 4.27. The van der Waals surface area contributed by atoms with Gasteiger partial charge in [-0.25, -0.2) is 8.42 Å². The molecule has 1 aliphatic rings. The molecule has 150 valence electrons. The summed E-state index contributed by atoms with van der Waals surface area (Å²) in [5, 5.41) is 0.174. The Bertz CT molecular complexity index is 979. The molecule has 0 aliphatic carbocycles. The fourth-order valence-electron chi connectivity index (χ4n) is 3.30. The van der Waals surface area contributed by atoms with E-state index in [2.05, 4.69) is 0 Å². The standard InChI is InChI=1S/C20H21Cl2NO4S/c1-13-6-7-18(14(2)12-13)27-20(24)15-8-10-23(11-9-15)28(25,26)19-16(21)4-3-5-17(19)22/h3-7,12,15H,8-11H2,1-2H3. The summed E-state index contributed by atoms with van der Waals surface area (Å²) in [5.41, 5.74) is 1.98. The van der Waals surface area contributed by atoms with Crippen LogP contribution in [0, 0.1) is 19.8 Å². The van der Waals surface area contributed by atoms with E-state index in [0.29, 0.717) is 18.6 Å². The number of rotatable bonds is 4. The molecule has 0 saturated carbocycles. The van der Waals surface area contributed by atoms with Gasteiger partial charge in [-0.05, 0) is 50.5 Å². The number of nitrogens with zero attached hydrogens (tertiary/aromatic N) is 1. The third kappa shape index (κ3) is 4.35. The topological polar surface area (TPSA) is 63.7 Å². The number of sulfonamides is 1. The zero-order chi connectivity index (χ0) is 20.5. The molecule has 0 aromatic heterocycles. The molecule has 0 unspecified atom stereocenters. The van der Waals surface area contributed by atoms with Crippen LogP contribution in [0.5, 0.6) is 5.75 Å². The Morgan fingerprint density at radius 1 is 1.07 bits per heavy atom. The highest BCUT2D eigenvalue weighted by molar-refractivity contribution is 7.89. The van der Waals surface area contributed by atoms with Crippen molar-refractivity contribution in [1.82, 2.24) is 4.31 Å². The van der Waals surface area contributed by atoms with Crippen LogP contribution in [0.4, 0.5) is 0 Å². The van der Waals surface area contributed by atoms with Crippen LogP contribution in [-0.2, 0) is 14.8 Å². The minimum Gasteiger partial charge on any atom is -0.426 e. The number of ether oxygens (including phenoxy) is 1. The van der Waals surface area contributed by atoms with Gasteiger partial charge in [0.2, 0.25) is 10.0 Å². The molecule has 28 heavy (non-hydrogen) atoms. The Labute approximate surface area is 175 Å². The van der Waals surface area contributed by atoms with Crippen molar-refractivity contribution in [2.24, 2.45) is 5.92 Å². The Hall–Kier alpha value is -1.60. The van der Waals surface area contributed by atoms with Crippen molar-refractivity contribution in [3.8, 4) is 5.75 Å². The maximum atomic E-state index is 12.9. The third-order valence-electron chi connectivity index (χ3n) is 4.85. The molecule has 2 aromatic carbocycles. The summed E-state index contributed by atoms with van der Waals surface area (Å²) in [5.74, 6) is -0.151. The number of carbonyl (C=O) groups is 1. The zero-order valence-electron chi connectivity index (χ0n) is 15.6. The monoisotopic (exact) mass is 441 g/mol. The molecule has 3 rings (SSSR count). The quantitative estimate of drug-likeness (QED) is 0.512. The second-order valence-electron chi connectivity index (χ2n) is 6.92. The number of piperidine rings is 1. The van der Waals surface area contributed by atoms with Crippen molar-refractivity contribution in [3.05, 3.63) is 57.6 Å². The normalized spacial score (nSPS) is 16.1. The minimum absolute atomic E-state index is 0.0869. The molecular formula is C20H21Cl2NO4S. The van der Waals surface area contributed by atoms with E-state index in [1.54, 1.807) is 12.1 Å². The van der Waals surface area contributed by atoms with Crippen LogP contribution in [0.3, 0.4) is 0 Å². The van der Waals surface area contributed by atoms with E-state index in [4.69, 9.17) is 27.9 Å². The van der Waals surface area contributed by atoms with Crippen LogP contribution in [0.25, 0.3) is 0 Å². The average Bonchev–Trinajstić information content (AvgIpc) is 2.64. The van der Waals surface area contributed by atoms with E-state index >= 15 is 0 Å². The molecule has 1 heterocycles.